The number of hydrogen-bond donors (Lipinski definition) is 2. The molecule has 37 heavy (non-hydrogen) atoms. The average molecular weight is 543 g/mol. The van der Waals surface area contributed by atoms with Gasteiger partial charge < -0.3 is 19.7 Å². The summed E-state index contributed by atoms with van der Waals surface area (Å²) in [6, 6.07) is 44.0. The third-order valence-corrected chi connectivity index (χ3v) is 19.9. The Kier molecular flexibility index (Phi) is 9.09. The second-order valence-electron chi connectivity index (χ2n) is 9.95. The summed E-state index contributed by atoms with van der Waals surface area (Å²) in [4.78, 5) is 0. The van der Waals surface area contributed by atoms with Crippen LogP contribution in [0.4, 0.5) is 0 Å². The van der Waals surface area contributed by atoms with Gasteiger partial charge in [-0.25, -0.2) is 0 Å². The maximum Gasteiger partial charge on any atom is 0.386 e. The van der Waals surface area contributed by atoms with E-state index in [-0.39, 0.29) is 0 Å². The first-order valence-electron chi connectivity index (χ1n) is 13.0. The molecule has 0 amide bonds. The molecule has 192 valence electrons. The van der Waals surface area contributed by atoms with Crippen LogP contribution < -0.4 is 32.2 Å². The lowest BCUT2D eigenvalue weighted by Crippen LogP contribution is -2.76. The summed E-state index contributed by atoms with van der Waals surface area (Å²) in [7, 11) is -8.34. The summed E-state index contributed by atoms with van der Waals surface area (Å²) in [5, 5.41) is 4.63. The summed E-state index contributed by atoms with van der Waals surface area (Å²) in [6.07, 6.45) is 0. The number of nitrogens with two attached hydrogens (primary N) is 2. The van der Waals surface area contributed by atoms with E-state index in [2.05, 4.69) is 134 Å². The molecule has 7 heteroatoms. The molecule has 4 nitrogen and oxygen atoms in total. The Morgan fingerprint density at radius 2 is 0.838 bits per heavy atom. The van der Waals surface area contributed by atoms with Gasteiger partial charge in [-0.05, 0) is 59.0 Å². The minimum absolute atomic E-state index is 0.522. The van der Waals surface area contributed by atoms with E-state index >= 15 is 0 Å². The van der Waals surface area contributed by atoms with Crippen molar-refractivity contribution in [2.75, 3.05) is 13.1 Å². The zero-order valence-corrected chi connectivity index (χ0v) is 24.8. The van der Waals surface area contributed by atoms with Crippen molar-refractivity contribution in [3.63, 3.8) is 0 Å². The molecule has 0 unspecified atom stereocenters. The molecule has 0 aliphatic rings. The number of benzene rings is 4. The van der Waals surface area contributed by atoms with Crippen LogP contribution in [0.2, 0.25) is 25.2 Å². The molecule has 0 bridgehead atoms. The number of hydrogen-bond acceptors (Lipinski definition) is 4. The Morgan fingerprint density at radius 3 is 1.19 bits per heavy atom. The topological polar surface area (TPSA) is 70.5 Å². The maximum atomic E-state index is 7.86. The molecule has 4 N–H and O–H groups in total. The summed E-state index contributed by atoms with van der Waals surface area (Å²) in [5.74, 6) is 0. The lowest BCUT2D eigenvalue weighted by Gasteiger charge is -2.45. The van der Waals surface area contributed by atoms with E-state index in [4.69, 9.17) is 19.7 Å². The van der Waals surface area contributed by atoms with Crippen LogP contribution in [-0.2, 0) is 8.23 Å². The molecule has 0 saturated carbocycles. The van der Waals surface area contributed by atoms with E-state index in [1.165, 1.54) is 10.4 Å². The molecule has 4 rings (SSSR count). The molecule has 0 spiro atoms. The molecule has 0 fully saturated rings. The van der Waals surface area contributed by atoms with Gasteiger partial charge >= 0.3 is 8.56 Å². The van der Waals surface area contributed by atoms with Crippen LogP contribution >= 0.6 is 0 Å². The van der Waals surface area contributed by atoms with Crippen molar-refractivity contribution < 1.29 is 8.23 Å². The molecule has 0 aliphatic carbocycles. The van der Waals surface area contributed by atoms with E-state index in [1.807, 2.05) is 0 Å². The fraction of sp³-hybridized carbons (Fsp3) is 0.200. The first-order chi connectivity index (χ1) is 18.0. The quantitative estimate of drug-likeness (QED) is 0.270. The van der Waals surface area contributed by atoms with Crippen molar-refractivity contribution >= 4 is 45.9 Å². The van der Waals surface area contributed by atoms with Crippen molar-refractivity contribution in [1.29, 1.82) is 0 Å². The van der Waals surface area contributed by atoms with Crippen molar-refractivity contribution in [3.8, 4) is 0 Å². The van der Waals surface area contributed by atoms with Gasteiger partial charge in [0.05, 0.1) is 0 Å². The molecule has 0 aliphatic heterocycles. The molecular formula is C30H38N2O2Si3. The zero-order valence-electron chi connectivity index (χ0n) is 21.8. The van der Waals surface area contributed by atoms with Crippen LogP contribution in [0.1, 0.15) is 0 Å². The van der Waals surface area contributed by atoms with E-state index < -0.39 is 25.2 Å². The third kappa shape index (κ3) is 6.10. The Labute approximate surface area is 224 Å². The lowest BCUT2D eigenvalue weighted by atomic mass is 10.4. The van der Waals surface area contributed by atoms with Crippen LogP contribution in [0.5, 0.6) is 0 Å². The van der Waals surface area contributed by atoms with Gasteiger partial charge in [0.1, 0.15) is 0 Å². The van der Waals surface area contributed by atoms with Crippen LogP contribution in [0.3, 0.4) is 0 Å². The normalized spacial score (nSPS) is 12.4. The first kappa shape index (κ1) is 27.4. The highest BCUT2D eigenvalue weighted by molar-refractivity contribution is 7.08. The van der Waals surface area contributed by atoms with E-state index in [1.54, 1.807) is 0 Å². The second-order valence-corrected chi connectivity index (χ2v) is 21.3. The summed E-state index contributed by atoms with van der Waals surface area (Å²) in [5.41, 5.74) is 12.5. The maximum absolute atomic E-state index is 7.86. The van der Waals surface area contributed by atoms with Crippen molar-refractivity contribution in [3.05, 3.63) is 121 Å². The van der Waals surface area contributed by atoms with Gasteiger partial charge in [0.15, 0.2) is 8.32 Å². The van der Waals surface area contributed by atoms with Crippen LogP contribution in [0, 0.1) is 0 Å². The van der Waals surface area contributed by atoms with Gasteiger partial charge in [0.2, 0.25) is 8.32 Å². The smallest absolute Gasteiger partial charge is 0.386 e. The molecular weight excluding hydrogens is 505 g/mol. The van der Waals surface area contributed by atoms with Gasteiger partial charge in [-0.1, -0.05) is 121 Å². The highest BCUT2D eigenvalue weighted by Gasteiger charge is 2.54. The fourth-order valence-corrected chi connectivity index (χ4v) is 19.3. The fourth-order valence-electron chi connectivity index (χ4n) is 5.01. The van der Waals surface area contributed by atoms with Crippen molar-refractivity contribution in [1.82, 2.24) is 0 Å². The Bertz CT molecular complexity index is 1150. The summed E-state index contributed by atoms with van der Waals surface area (Å²) >= 11 is 0. The molecule has 4 aromatic rings. The summed E-state index contributed by atoms with van der Waals surface area (Å²) < 4.78 is 15.3. The van der Waals surface area contributed by atoms with E-state index in [0.29, 0.717) is 13.1 Å². The molecule has 0 aromatic heterocycles. The van der Waals surface area contributed by atoms with E-state index in [9.17, 15) is 0 Å². The average Bonchev–Trinajstić information content (AvgIpc) is 2.94. The van der Waals surface area contributed by atoms with Gasteiger partial charge in [-0.3, -0.25) is 0 Å². The van der Waals surface area contributed by atoms with Crippen LogP contribution in [0.25, 0.3) is 0 Å². The predicted octanol–water partition coefficient (Wildman–Crippen LogP) is 3.16. The number of rotatable bonds is 12. The third-order valence-electron chi connectivity index (χ3n) is 6.77. The lowest BCUT2D eigenvalue weighted by molar-refractivity contribution is 0.412. The zero-order chi connectivity index (χ0) is 26.2. The largest absolute Gasteiger partial charge is 0.430 e. The van der Waals surface area contributed by atoms with Crippen molar-refractivity contribution in [2.24, 2.45) is 11.5 Å². The Morgan fingerprint density at radius 1 is 0.486 bits per heavy atom. The molecule has 0 heterocycles. The van der Waals surface area contributed by atoms with Crippen molar-refractivity contribution in [2.45, 2.75) is 25.2 Å². The monoisotopic (exact) mass is 542 g/mol. The van der Waals surface area contributed by atoms with Gasteiger partial charge in [-0.15, -0.1) is 0 Å². The van der Waals surface area contributed by atoms with Crippen LogP contribution in [0.15, 0.2) is 121 Å². The first-order valence-corrected chi connectivity index (χ1v) is 20.0. The Balaban J connectivity index is 2.05. The predicted molar refractivity (Wildman–Crippen MR) is 163 cm³/mol. The standard InChI is InChI=1S/C30H38N2O2Si3/c1-35(2,25-23-31)33-37(29-19-11-5-12-20-29,30-21-13-6-14-22-30)34-36(26-24-32,27-15-7-3-8-16-27)28-17-9-4-10-18-28/h3-22H,23-26,31-32H2,1-2H3. The highest BCUT2D eigenvalue weighted by atomic mass is 28.5. The SMILES string of the molecule is C[Si](C)(CCN)O[Si](O[Si](CCN)(c1ccccc1)c1ccccc1)(c1ccccc1)c1ccccc1. The Hall–Kier alpha value is -2.63. The van der Waals surface area contributed by atoms with Gasteiger partial charge in [0, 0.05) is 0 Å². The molecule has 0 radical (unpaired) electrons. The van der Waals surface area contributed by atoms with Gasteiger partial charge in [-0.2, -0.15) is 0 Å². The molecule has 0 atom stereocenters. The summed E-state index contributed by atoms with van der Waals surface area (Å²) in [6.45, 7) is 5.63. The second kappa shape index (κ2) is 12.3. The minimum Gasteiger partial charge on any atom is -0.430 e. The highest BCUT2D eigenvalue weighted by Crippen LogP contribution is 2.25. The molecule has 0 saturated heterocycles. The van der Waals surface area contributed by atoms with Gasteiger partial charge in [0.25, 0.3) is 0 Å². The minimum atomic E-state index is -3.25. The van der Waals surface area contributed by atoms with E-state index in [0.717, 1.165) is 22.5 Å². The molecule has 4 aromatic carbocycles. The van der Waals surface area contributed by atoms with Crippen LogP contribution in [-0.4, -0.2) is 38.3 Å².